The SMILES string of the molecule is C=C(CCCCC)[C@H](OC(C)=O)[C@H](C)ON1CC(CCO[Si](C)(C)C(C)(C)C)c2ccccc21. The van der Waals surface area contributed by atoms with E-state index in [2.05, 4.69) is 65.6 Å². The number of carbonyl (C=O) groups is 1. The summed E-state index contributed by atoms with van der Waals surface area (Å²) in [6.45, 7) is 22.8. The van der Waals surface area contributed by atoms with Crippen LogP contribution in [0.1, 0.15) is 85.1 Å². The van der Waals surface area contributed by atoms with E-state index < -0.39 is 14.4 Å². The van der Waals surface area contributed by atoms with Gasteiger partial charge in [0.2, 0.25) is 0 Å². The number of hydrogen-bond donors (Lipinski definition) is 0. The van der Waals surface area contributed by atoms with Crippen LogP contribution in [0.15, 0.2) is 36.4 Å². The van der Waals surface area contributed by atoms with Crippen LogP contribution in [0.3, 0.4) is 0 Å². The number of para-hydroxylation sites is 1. The van der Waals surface area contributed by atoms with Crippen molar-refractivity contribution in [2.24, 2.45) is 0 Å². The van der Waals surface area contributed by atoms with Crippen molar-refractivity contribution in [1.82, 2.24) is 0 Å². The first-order valence-electron chi connectivity index (χ1n) is 12.9. The van der Waals surface area contributed by atoms with Crippen LogP contribution in [0, 0.1) is 0 Å². The Bertz CT molecular complexity index is 817. The predicted molar refractivity (Wildman–Crippen MR) is 144 cm³/mol. The molecule has 1 aromatic carbocycles. The molecule has 192 valence electrons. The van der Waals surface area contributed by atoms with E-state index in [1.54, 1.807) is 0 Å². The molecule has 5 nitrogen and oxygen atoms in total. The zero-order valence-electron chi connectivity index (χ0n) is 22.8. The summed E-state index contributed by atoms with van der Waals surface area (Å²) >= 11 is 0. The number of nitrogens with zero attached hydrogens (tertiary/aromatic N) is 1. The van der Waals surface area contributed by atoms with E-state index in [0.717, 1.165) is 56.5 Å². The van der Waals surface area contributed by atoms with Gasteiger partial charge in [0.25, 0.3) is 0 Å². The Morgan fingerprint density at radius 1 is 1.24 bits per heavy atom. The minimum absolute atomic E-state index is 0.205. The molecule has 34 heavy (non-hydrogen) atoms. The zero-order valence-corrected chi connectivity index (χ0v) is 23.8. The molecule has 1 aliphatic heterocycles. The molecule has 0 bridgehead atoms. The summed E-state index contributed by atoms with van der Waals surface area (Å²) in [6.07, 6.45) is 4.33. The molecule has 1 heterocycles. The van der Waals surface area contributed by atoms with E-state index in [1.165, 1.54) is 12.5 Å². The minimum atomic E-state index is -1.77. The number of anilines is 1. The van der Waals surface area contributed by atoms with Gasteiger partial charge >= 0.3 is 5.97 Å². The number of carbonyl (C=O) groups excluding carboxylic acids is 1. The van der Waals surface area contributed by atoms with Crippen molar-refractivity contribution in [2.75, 3.05) is 18.2 Å². The second-order valence-corrected chi connectivity index (χ2v) is 16.0. The van der Waals surface area contributed by atoms with Gasteiger partial charge in [-0.05, 0) is 61.5 Å². The number of ether oxygens (including phenoxy) is 1. The van der Waals surface area contributed by atoms with Gasteiger partial charge in [-0.2, -0.15) is 0 Å². The third-order valence-electron chi connectivity index (χ3n) is 7.28. The molecule has 0 N–H and O–H groups in total. The fourth-order valence-corrected chi connectivity index (χ4v) is 5.23. The Hall–Kier alpha value is -1.63. The predicted octanol–water partition coefficient (Wildman–Crippen LogP) is 7.39. The lowest BCUT2D eigenvalue weighted by molar-refractivity contribution is -0.151. The lowest BCUT2D eigenvalue weighted by Gasteiger charge is -2.36. The van der Waals surface area contributed by atoms with Crippen LogP contribution in [0.2, 0.25) is 18.1 Å². The monoisotopic (exact) mass is 489 g/mol. The molecule has 0 aliphatic carbocycles. The Morgan fingerprint density at radius 2 is 1.91 bits per heavy atom. The second kappa shape index (κ2) is 12.4. The van der Waals surface area contributed by atoms with Crippen molar-refractivity contribution >= 4 is 20.0 Å². The van der Waals surface area contributed by atoms with Crippen LogP contribution in [-0.2, 0) is 18.8 Å². The largest absolute Gasteiger partial charge is 0.455 e. The van der Waals surface area contributed by atoms with E-state index in [9.17, 15) is 4.79 Å². The van der Waals surface area contributed by atoms with Crippen molar-refractivity contribution < 1.29 is 18.8 Å². The van der Waals surface area contributed by atoms with Gasteiger partial charge in [-0.1, -0.05) is 65.3 Å². The van der Waals surface area contributed by atoms with Gasteiger partial charge in [0.1, 0.15) is 6.10 Å². The number of rotatable bonds is 13. The molecule has 1 unspecified atom stereocenters. The fraction of sp³-hybridized carbons (Fsp3) is 0.679. The Morgan fingerprint density at radius 3 is 2.53 bits per heavy atom. The third kappa shape index (κ3) is 7.69. The summed E-state index contributed by atoms with van der Waals surface area (Å²) in [7, 11) is -1.77. The molecular weight excluding hydrogens is 442 g/mol. The van der Waals surface area contributed by atoms with Crippen molar-refractivity contribution in [3.8, 4) is 0 Å². The highest BCUT2D eigenvalue weighted by Crippen LogP contribution is 2.40. The summed E-state index contributed by atoms with van der Waals surface area (Å²) in [5, 5.41) is 2.18. The third-order valence-corrected chi connectivity index (χ3v) is 11.8. The van der Waals surface area contributed by atoms with Crippen molar-refractivity contribution in [3.63, 3.8) is 0 Å². The van der Waals surface area contributed by atoms with E-state index >= 15 is 0 Å². The molecule has 0 radical (unpaired) electrons. The Balaban J connectivity index is 2.07. The van der Waals surface area contributed by atoms with E-state index in [-0.39, 0.29) is 17.1 Å². The molecule has 0 amide bonds. The van der Waals surface area contributed by atoms with Crippen molar-refractivity contribution in [3.05, 3.63) is 42.0 Å². The molecule has 0 spiro atoms. The maximum absolute atomic E-state index is 11.8. The van der Waals surface area contributed by atoms with Crippen LogP contribution in [0.25, 0.3) is 0 Å². The van der Waals surface area contributed by atoms with E-state index in [0.29, 0.717) is 5.92 Å². The van der Waals surface area contributed by atoms with Gasteiger partial charge in [-0.25, -0.2) is 0 Å². The summed E-state index contributed by atoms with van der Waals surface area (Å²) in [5.74, 6) is 0.0349. The van der Waals surface area contributed by atoms with Gasteiger partial charge in [0, 0.05) is 19.4 Å². The molecule has 6 heteroatoms. The van der Waals surface area contributed by atoms with E-state index in [4.69, 9.17) is 14.0 Å². The Labute approximate surface area is 208 Å². The molecule has 3 atom stereocenters. The maximum Gasteiger partial charge on any atom is 0.303 e. The number of fused-ring (bicyclic) bond motifs is 1. The van der Waals surface area contributed by atoms with Gasteiger partial charge in [0.15, 0.2) is 14.4 Å². The summed E-state index contributed by atoms with van der Waals surface area (Å²) in [6, 6.07) is 8.42. The van der Waals surface area contributed by atoms with Crippen LogP contribution in [-0.4, -0.2) is 39.6 Å². The standard InChI is InChI=1S/C28H47NO4Si/c1-10-11-12-15-21(2)27(32-23(4)30)22(3)33-29-20-24(25-16-13-14-17-26(25)29)18-19-31-34(8,9)28(5,6)7/h13-14,16-17,22,24,27H,2,10-12,15,18-20H2,1,3-9H3/t22-,24?,27-/m0/s1. The summed E-state index contributed by atoms with van der Waals surface area (Å²) in [4.78, 5) is 18.2. The Kier molecular flexibility index (Phi) is 10.4. The highest BCUT2D eigenvalue weighted by Gasteiger charge is 2.38. The molecule has 1 aromatic rings. The molecule has 0 saturated heterocycles. The van der Waals surface area contributed by atoms with E-state index in [1.807, 2.05) is 18.1 Å². The smallest absolute Gasteiger partial charge is 0.303 e. The molecule has 1 aliphatic rings. The summed E-state index contributed by atoms with van der Waals surface area (Å²) in [5.41, 5.74) is 3.30. The lowest BCUT2D eigenvalue weighted by Crippen LogP contribution is -2.41. The average Bonchev–Trinajstić information content (AvgIpc) is 3.08. The molecule has 0 saturated carbocycles. The van der Waals surface area contributed by atoms with Crippen LogP contribution >= 0.6 is 0 Å². The van der Waals surface area contributed by atoms with Gasteiger partial charge in [0.05, 0.1) is 12.2 Å². The number of hydrogen-bond acceptors (Lipinski definition) is 5. The lowest BCUT2D eigenvalue weighted by atomic mass is 9.99. The first-order valence-corrected chi connectivity index (χ1v) is 15.8. The maximum atomic E-state index is 11.8. The van der Waals surface area contributed by atoms with Crippen molar-refractivity contribution in [2.45, 2.75) is 110 Å². The quantitative estimate of drug-likeness (QED) is 0.125. The van der Waals surface area contributed by atoms with Gasteiger partial charge in [-0.3, -0.25) is 14.7 Å². The number of benzene rings is 1. The highest BCUT2D eigenvalue weighted by atomic mass is 28.4. The minimum Gasteiger partial charge on any atom is -0.455 e. The number of unbranched alkanes of at least 4 members (excludes halogenated alkanes) is 2. The topological polar surface area (TPSA) is 48.0 Å². The fourth-order valence-electron chi connectivity index (χ4n) is 4.17. The molecule has 0 aromatic heterocycles. The molecule has 0 fully saturated rings. The average molecular weight is 490 g/mol. The number of hydroxylamine groups is 1. The summed E-state index contributed by atoms with van der Waals surface area (Å²) < 4.78 is 12.1. The number of esters is 1. The highest BCUT2D eigenvalue weighted by molar-refractivity contribution is 6.74. The first kappa shape index (κ1) is 28.6. The van der Waals surface area contributed by atoms with Gasteiger partial charge in [-0.15, -0.1) is 0 Å². The molecule has 2 rings (SSSR count). The van der Waals surface area contributed by atoms with Crippen LogP contribution in [0.4, 0.5) is 5.69 Å². The second-order valence-electron chi connectivity index (χ2n) is 11.2. The normalized spacial score (nSPS) is 17.9. The van der Waals surface area contributed by atoms with Gasteiger partial charge < -0.3 is 9.16 Å². The van der Waals surface area contributed by atoms with Crippen LogP contribution < -0.4 is 5.06 Å². The van der Waals surface area contributed by atoms with Crippen molar-refractivity contribution in [1.29, 1.82) is 0 Å². The first-order chi connectivity index (χ1) is 15.9. The molecular formula is C28H47NO4Si. The van der Waals surface area contributed by atoms with Crippen LogP contribution in [0.5, 0.6) is 0 Å². The zero-order chi connectivity index (χ0) is 25.5.